The van der Waals surface area contributed by atoms with Crippen molar-refractivity contribution in [2.75, 3.05) is 40.3 Å². The van der Waals surface area contributed by atoms with Crippen LogP contribution in [0, 0.1) is 0 Å². The largest absolute Gasteiger partial charge is 0.362 e. The van der Waals surface area contributed by atoms with Gasteiger partial charge in [0, 0.05) is 40.0 Å². The van der Waals surface area contributed by atoms with Crippen LogP contribution in [0.2, 0.25) is 0 Å². The molecule has 26 heavy (non-hydrogen) atoms. The first-order valence-corrected chi connectivity index (χ1v) is 10.3. The molecule has 0 aromatic rings. The molecular weight excluding hydrogens is 367 g/mol. The molecule has 0 aromatic carbocycles. The molecule has 0 saturated carbocycles. The smallest absolute Gasteiger partial charge is 0.0987 e. The fourth-order valence-electron chi connectivity index (χ4n) is 3.68. The van der Waals surface area contributed by atoms with Gasteiger partial charge in [0.25, 0.3) is 0 Å². The second-order valence-corrected chi connectivity index (χ2v) is 7.47. The van der Waals surface area contributed by atoms with Gasteiger partial charge in [-0.1, -0.05) is 51.4 Å². The number of aliphatic imine (C=N–C) groups is 2. The molecule has 0 saturated heterocycles. The minimum Gasteiger partial charge on any atom is -0.362 e. The maximum Gasteiger partial charge on any atom is 0.0987 e. The average molecular weight is 407 g/mol. The van der Waals surface area contributed by atoms with E-state index in [4.69, 9.17) is 0 Å². The molecule has 4 nitrogen and oxygen atoms in total. The molecule has 2 aliphatic heterocycles. The lowest BCUT2D eigenvalue weighted by Crippen LogP contribution is -2.22. The Kier molecular flexibility index (Phi) is 15.3. The number of unbranched alkanes of at least 4 members (excludes halogenated alkanes) is 9. The van der Waals surface area contributed by atoms with Gasteiger partial charge in [0.2, 0.25) is 0 Å². The van der Waals surface area contributed by atoms with Crippen LogP contribution in [0.4, 0.5) is 0 Å². The summed E-state index contributed by atoms with van der Waals surface area (Å²) >= 11 is 0. The Hall–Kier alpha value is -0.480. The number of hydrogen-bond donors (Lipinski definition) is 0. The molecule has 154 valence electrons. The van der Waals surface area contributed by atoms with Gasteiger partial charge in [0.15, 0.2) is 0 Å². The zero-order valence-electron chi connectivity index (χ0n) is 16.9. The van der Waals surface area contributed by atoms with Gasteiger partial charge in [-0.3, -0.25) is 9.98 Å². The summed E-state index contributed by atoms with van der Waals surface area (Å²) in [6, 6.07) is 0. The Balaban J connectivity index is 0.00000312. The molecule has 0 fully saturated rings. The first-order valence-electron chi connectivity index (χ1n) is 10.3. The van der Waals surface area contributed by atoms with Crippen molar-refractivity contribution >= 4 is 36.5 Å². The minimum absolute atomic E-state index is 0. The molecule has 6 heteroatoms. The minimum atomic E-state index is 0. The van der Waals surface area contributed by atoms with Crippen molar-refractivity contribution in [1.82, 2.24) is 9.80 Å². The molecular formula is C20H40Cl2N4. The molecule has 0 atom stereocenters. The van der Waals surface area contributed by atoms with Crippen molar-refractivity contribution in [3.63, 3.8) is 0 Å². The van der Waals surface area contributed by atoms with E-state index in [0.29, 0.717) is 0 Å². The van der Waals surface area contributed by atoms with Crippen LogP contribution in [0.15, 0.2) is 9.98 Å². The van der Waals surface area contributed by atoms with Crippen LogP contribution in [-0.4, -0.2) is 61.7 Å². The van der Waals surface area contributed by atoms with E-state index in [9.17, 15) is 0 Å². The SMILES string of the molecule is CN1CCN=C1CCCCCCCCCCCCC1=NCCN1C.Cl.Cl. The lowest BCUT2D eigenvalue weighted by Gasteiger charge is -2.13. The predicted molar refractivity (Wildman–Crippen MR) is 120 cm³/mol. The molecule has 0 N–H and O–H groups in total. The van der Waals surface area contributed by atoms with Gasteiger partial charge in [-0.2, -0.15) is 0 Å². The Morgan fingerprint density at radius 1 is 0.577 bits per heavy atom. The van der Waals surface area contributed by atoms with Crippen LogP contribution in [0.5, 0.6) is 0 Å². The van der Waals surface area contributed by atoms with Crippen LogP contribution in [-0.2, 0) is 0 Å². The predicted octanol–water partition coefficient (Wildman–Crippen LogP) is 5.20. The third kappa shape index (κ3) is 10.0. The molecule has 0 aliphatic carbocycles. The fourth-order valence-corrected chi connectivity index (χ4v) is 3.68. The molecule has 2 rings (SSSR count). The maximum absolute atomic E-state index is 4.56. The number of halogens is 2. The second-order valence-electron chi connectivity index (χ2n) is 7.47. The third-order valence-corrected chi connectivity index (χ3v) is 5.39. The first kappa shape index (κ1) is 25.5. The fraction of sp³-hybridized carbons (Fsp3) is 0.900. The highest BCUT2D eigenvalue weighted by molar-refractivity contribution is 5.85. The van der Waals surface area contributed by atoms with Gasteiger partial charge in [-0.25, -0.2) is 0 Å². The van der Waals surface area contributed by atoms with Gasteiger partial charge < -0.3 is 9.80 Å². The molecule has 0 bridgehead atoms. The summed E-state index contributed by atoms with van der Waals surface area (Å²) in [6.45, 7) is 4.27. The van der Waals surface area contributed by atoms with Gasteiger partial charge in [-0.15, -0.1) is 24.8 Å². The summed E-state index contributed by atoms with van der Waals surface area (Å²) in [4.78, 5) is 13.8. The standard InChI is InChI=1S/C20H38N4.2ClH/c1-23-17-15-21-19(23)13-11-9-7-5-3-4-6-8-10-12-14-20-22-16-18-24(20)2;;/h3-18H2,1-2H3;2*1H. The second kappa shape index (κ2) is 15.6. The summed E-state index contributed by atoms with van der Waals surface area (Å²) in [5.41, 5.74) is 0. The van der Waals surface area contributed by atoms with E-state index in [1.165, 1.54) is 88.7 Å². The van der Waals surface area contributed by atoms with E-state index in [-0.39, 0.29) is 24.8 Å². The Morgan fingerprint density at radius 3 is 1.15 bits per heavy atom. The van der Waals surface area contributed by atoms with E-state index < -0.39 is 0 Å². The van der Waals surface area contributed by atoms with Crippen LogP contribution in [0.3, 0.4) is 0 Å². The van der Waals surface area contributed by atoms with Gasteiger partial charge in [0.1, 0.15) is 0 Å². The van der Waals surface area contributed by atoms with Gasteiger partial charge >= 0.3 is 0 Å². The van der Waals surface area contributed by atoms with Crippen LogP contribution in [0.1, 0.15) is 77.0 Å². The average Bonchev–Trinajstić information content (AvgIpc) is 3.17. The summed E-state index contributed by atoms with van der Waals surface area (Å²) < 4.78 is 0. The molecule has 2 aliphatic rings. The monoisotopic (exact) mass is 406 g/mol. The van der Waals surface area contributed by atoms with E-state index >= 15 is 0 Å². The molecule has 0 amide bonds. The topological polar surface area (TPSA) is 31.2 Å². The number of hydrogen-bond acceptors (Lipinski definition) is 4. The van der Waals surface area contributed by atoms with Crippen molar-refractivity contribution < 1.29 is 0 Å². The van der Waals surface area contributed by atoms with Crippen LogP contribution < -0.4 is 0 Å². The van der Waals surface area contributed by atoms with E-state index in [1.807, 2.05) is 0 Å². The first-order chi connectivity index (χ1) is 11.8. The third-order valence-electron chi connectivity index (χ3n) is 5.39. The van der Waals surface area contributed by atoms with Crippen molar-refractivity contribution in [2.45, 2.75) is 77.0 Å². The number of rotatable bonds is 13. The van der Waals surface area contributed by atoms with Crippen LogP contribution >= 0.6 is 24.8 Å². The molecule has 0 spiro atoms. The summed E-state index contributed by atoms with van der Waals surface area (Å²) in [6.07, 6.45) is 16.3. The number of nitrogens with zero attached hydrogens (tertiary/aromatic N) is 4. The van der Waals surface area contributed by atoms with Crippen molar-refractivity contribution in [3.05, 3.63) is 0 Å². The highest BCUT2D eigenvalue weighted by Crippen LogP contribution is 2.14. The van der Waals surface area contributed by atoms with E-state index in [2.05, 4.69) is 33.9 Å². The molecule has 2 heterocycles. The van der Waals surface area contributed by atoms with Gasteiger partial charge in [0.05, 0.1) is 24.8 Å². The Bertz CT molecular complexity index is 375. The van der Waals surface area contributed by atoms with Crippen molar-refractivity contribution in [2.24, 2.45) is 9.98 Å². The maximum atomic E-state index is 4.56. The highest BCUT2D eigenvalue weighted by atomic mass is 35.5. The quantitative estimate of drug-likeness (QED) is 0.393. The normalized spacial score (nSPS) is 16.2. The van der Waals surface area contributed by atoms with Gasteiger partial charge in [-0.05, 0) is 12.8 Å². The lowest BCUT2D eigenvalue weighted by atomic mass is 10.0. The Morgan fingerprint density at radius 2 is 0.885 bits per heavy atom. The zero-order valence-corrected chi connectivity index (χ0v) is 18.6. The molecule has 0 unspecified atom stereocenters. The summed E-state index contributed by atoms with van der Waals surface area (Å²) in [7, 11) is 4.34. The summed E-state index contributed by atoms with van der Waals surface area (Å²) in [5, 5.41) is 0. The number of amidine groups is 2. The summed E-state index contributed by atoms with van der Waals surface area (Å²) in [5.74, 6) is 2.68. The highest BCUT2D eigenvalue weighted by Gasteiger charge is 2.11. The van der Waals surface area contributed by atoms with Crippen molar-refractivity contribution in [1.29, 1.82) is 0 Å². The van der Waals surface area contributed by atoms with E-state index in [0.717, 1.165) is 26.2 Å². The van der Waals surface area contributed by atoms with Crippen LogP contribution in [0.25, 0.3) is 0 Å². The number of likely N-dealkylation sites (N-methyl/N-ethyl adjacent to an activating group) is 2. The molecule has 0 aromatic heterocycles. The zero-order chi connectivity index (χ0) is 17.0. The lowest BCUT2D eigenvalue weighted by molar-refractivity contribution is 0.525. The Labute approximate surface area is 173 Å². The van der Waals surface area contributed by atoms with E-state index in [1.54, 1.807) is 0 Å². The molecule has 0 radical (unpaired) electrons. The van der Waals surface area contributed by atoms with Crippen molar-refractivity contribution in [3.8, 4) is 0 Å².